The molecule has 0 aliphatic carbocycles. The minimum Gasteiger partial charge on any atom is -0.550 e. The van der Waals surface area contributed by atoms with Crippen molar-refractivity contribution in [3.8, 4) is 0 Å². The van der Waals surface area contributed by atoms with Gasteiger partial charge in [-0.1, -0.05) is 19.8 Å². The molecule has 1 atom stereocenters. The topological polar surface area (TPSA) is 60.4 Å². The highest BCUT2D eigenvalue weighted by Crippen LogP contribution is 2.21. The van der Waals surface area contributed by atoms with Gasteiger partial charge in [0.25, 0.3) is 0 Å². The number of carbonyl (C=O) groups excluding carboxylic acids is 1. The molecule has 0 saturated carbocycles. The zero-order valence-electron chi connectivity index (χ0n) is 10.2. The van der Waals surface area contributed by atoms with E-state index in [2.05, 4.69) is 0 Å². The third-order valence-electron chi connectivity index (χ3n) is 2.24. The Morgan fingerprint density at radius 3 is 2.27 bits per heavy atom. The van der Waals surface area contributed by atoms with Crippen LogP contribution in [-0.2, 0) is 4.79 Å². The summed E-state index contributed by atoms with van der Waals surface area (Å²) in [6.07, 6.45) is 2.03. The van der Waals surface area contributed by atoms with Gasteiger partial charge >= 0.3 is 0 Å². The Morgan fingerprint density at radius 1 is 1.40 bits per heavy atom. The zero-order valence-corrected chi connectivity index (χ0v) is 10.2. The summed E-state index contributed by atoms with van der Waals surface area (Å²) in [5.74, 6) is -1.18. The molecule has 0 aliphatic heterocycles. The number of carbonyl (C=O) groups is 1. The molecule has 0 heterocycles. The fourth-order valence-corrected chi connectivity index (χ4v) is 1.88. The summed E-state index contributed by atoms with van der Waals surface area (Å²) < 4.78 is 0.549. The second-order valence-corrected chi connectivity index (χ2v) is 5.33. The molecule has 0 bridgehead atoms. The van der Waals surface area contributed by atoms with Crippen molar-refractivity contribution < 1.29 is 19.5 Å². The number of quaternary nitrogens is 1. The minimum atomic E-state index is -1.18. The number of carboxylic acid groups (broad SMARTS) is 1. The molecule has 1 N–H and O–H groups in total. The highest BCUT2D eigenvalue weighted by Gasteiger charge is 2.32. The van der Waals surface area contributed by atoms with E-state index in [0.29, 0.717) is 17.4 Å². The first-order valence-electron chi connectivity index (χ1n) is 5.41. The number of aliphatic hydroxyl groups is 1. The van der Waals surface area contributed by atoms with Gasteiger partial charge < -0.3 is 19.5 Å². The quantitative estimate of drug-likeness (QED) is 0.598. The summed E-state index contributed by atoms with van der Waals surface area (Å²) in [6, 6.07) is 0. The Labute approximate surface area is 92.1 Å². The first-order valence-corrected chi connectivity index (χ1v) is 5.41. The average Bonchev–Trinajstić information content (AvgIpc) is 1.95. The fourth-order valence-electron chi connectivity index (χ4n) is 1.88. The van der Waals surface area contributed by atoms with E-state index < -0.39 is 11.6 Å². The van der Waals surface area contributed by atoms with E-state index in [-0.39, 0.29) is 6.42 Å². The lowest BCUT2D eigenvalue weighted by molar-refractivity contribution is -0.877. The number of nitrogens with zero attached hydrogens (tertiary/aromatic N) is 1. The van der Waals surface area contributed by atoms with Gasteiger partial charge in [-0.15, -0.1) is 0 Å². The van der Waals surface area contributed by atoms with Crippen LogP contribution >= 0.6 is 0 Å². The number of carboxylic acids is 1. The van der Waals surface area contributed by atoms with Crippen LogP contribution in [0.5, 0.6) is 0 Å². The number of aliphatic carboxylic acids is 1. The van der Waals surface area contributed by atoms with Crippen molar-refractivity contribution in [3.05, 3.63) is 0 Å². The molecule has 0 aromatic carbocycles. The first kappa shape index (κ1) is 14.4. The van der Waals surface area contributed by atoms with Gasteiger partial charge in [-0.05, 0) is 6.42 Å². The summed E-state index contributed by atoms with van der Waals surface area (Å²) in [5.41, 5.74) is -1.13. The van der Waals surface area contributed by atoms with E-state index in [1.807, 2.05) is 28.1 Å². The maximum atomic E-state index is 10.6. The molecule has 0 aromatic heterocycles. The Bertz CT molecular complexity index is 210. The molecule has 4 nitrogen and oxygen atoms in total. The summed E-state index contributed by atoms with van der Waals surface area (Å²) >= 11 is 0. The SMILES string of the molecule is CCCC[C@@](O)(CC(=O)[O-])C[N+](C)(C)C. The van der Waals surface area contributed by atoms with Crippen LogP contribution in [0.3, 0.4) is 0 Å². The summed E-state index contributed by atoms with van der Waals surface area (Å²) in [6.45, 7) is 2.45. The van der Waals surface area contributed by atoms with Gasteiger partial charge in [0.05, 0.1) is 21.1 Å². The molecule has 0 radical (unpaired) electrons. The van der Waals surface area contributed by atoms with Crippen LogP contribution in [0, 0.1) is 0 Å². The van der Waals surface area contributed by atoms with Crippen LogP contribution in [0.4, 0.5) is 0 Å². The lowest BCUT2D eigenvalue weighted by atomic mass is 9.92. The Hall–Kier alpha value is -0.610. The van der Waals surface area contributed by atoms with Crippen LogP contribution in [0.2, 0.25) is 0 Å². The molecule has 0 unspecified atom stereocenters. The highest BCUT2D eigenvalue weighted by molar-refractivity contribution is 5.65. The lowest BCUT2D eigenvalue weighted by Gasteiger charge is -2.36. The number of rotatable bonds is 7. The normalized spacial score (nSPS) is 16.1. The monoisotopic (exact) mass is 217 g/mol. The summed E-state index contributed by atoms with van der Waals surface area (Å²) in [4.78, 5) is 10.6. The second kappa shape index (κ2) is 5.47. The van der Waals surface area contributed by atoms with Gasteiger partial charge in [-0.3, -0.25) is 0 Å². The van der Waals surface area contributed by atoms with Crippen LogP contribution in [0.1, 0.15) is 32.6 Å². The predicted molar refractivity (Wildman–Crippen MR) is 57.0 cm³/mol. The Morgan fingerprint density at radius 2 is 1.93 bits per heavy atom. The third kappa shape index (κ3) is 7.33. The molecule has 90 valence electrons. The van der Waals surface area contributed by atoms with Crippen LogP contribution in [0.15, 0.2) is 0 Å². The molecule has 0 aliphatic rings. The summed E-state index contributed by atoms with van der Waals surface area (Å²) in [5, 5.41) is 20.8. The van der Waals surface area contributed by atoms with Crippen LogP contribution < -0.4 is 5.11 Å². The minimum absolute atomic E-state index is 0.275. The molecule has 0 fully saturated rings. The number of unbranched alkanes of at least 4 members (excludes halogenated alkanes) is 1. The van der Waals surface area contributed by atoms with Crippen molar-refractivity contribution >= 4 is 5.97 Å². The van der Waals surface area contributed by atoms with Crippen molar-refractivity contribution in [2.75, 3.05) is 27.7 Å². The van der Waals surface area contributed by atoms with Crippen molar-refractivity contribution in [1.82, 2.24) is 0 Å². The molecule has 0 aromatic rings. The largest absolute Gasteiger partial charge is 0.550 e. The highest BCUT2D eigenvalue weighted by atomic mass is 16.4. The number of hydrogen-bond donors (Lipinski definition) is 1. The van der Waals surface area contributed by atoms with E-state index in [0.717, 1.165) is 12.8 Å². The van der Waals surface area contributed by atoms with Crippen molar-refractivity contribution in [2.45, 2.75) is 38.2 Å². The van der Waals surface area contributed by atoms with Gasteiger partial charge in [-0.2, -0.15) is 0 Å². The van der Waals surface area contributed by atoms with Crippen molar-refractivity contribution in [1.29, 1.82) is 0 Å². The fraction of sp³-hybridized carbons (Fsp3) is 0.909. The van der Waals surface area contributed by atoms with Gasteiger partial charge in [0.1, 0.15) is 12.1 Å². The van der Waals surface area contributed by atoms with Crippen molar-refractivity contribution in [2.24, 2.45) is 0 Å². The average molecular weight is 217 g/mol. The maximum Gasteiger partial charge on any atom is 0.119 e. The molecule has 0 spiro atoms. The Kier molecular flexibility index (Phi) is 5.24. The van der Waals surface area contributed by atoms with Gasteiger partial charge in [0.2, 0.25) is 0 Å². The van der Waals surface area contributed by atoms with E-state index in [9.17, 15) is 15.0 Å². The predicted octanol–water partition coefficient (Wildman–Crippen LogP) is -0.246. The standard InChI is InChI=1S/C11H23NO3/c1-5-6-7-11(15,8-10(13)14)9-12(2,3)4/h15H,5-9H2,1-4H3/t11-/m1/s1. The van der Waals surface area contributed by atoms with Gasteiger partial charge in [-0.25, -0.2) is 0 Å². The second-order valence-electron chi connectivity index (χ2n) is 5.33. The van der Waals surface area contributed by atoms with E-state index in [1.165, 1.54) is 0 Å². The zero-order chi connectivity index (χ0) is 12.1. The van der Waals surface area contributed by atoms with Gasteiger partial charge in [0.15, 0.2) is 0 Å². The maximum absolute atomic E-state index is 10.6. The molecule has 0 rings (SSSR count). The molecular formula is C11H23NO3. The number of likely N-dealkylation sites (N-methyl/N-ethyl adjacent to an activating group) is 1. The molecule has 4 heteroatoms. The van der Waals surface area contributed by atoms with Gasteiger partial charge in [0, 0.05) is 12.4 Å². The smallest absolute Gasteiger partial charge is 0.119 e. The lowest BCUT2D eigenvalue weighted by Crippen LogP contribution is -2.51. The molecular weight excluding hydrogens is 194 g/mol. The van der Waals surface area contributed by atoms with Crippen LogP contribution in [0.25, 0.3) is 0 Å². The molecule has 15 heavy (non-hydrogen) atoms. The molecule has 0 amide bonds. The van der Waals surface area contributed by atoms with Crippen LogP contribution in [-0.4, -0.2) is 48.8 Å². The third-order valence-corrected chi connectivity index (χ3v) is 2.24. The van der Waals surface area contributed by atoms with Crippen molar-refractivity contribution in [3.63, 3.8) is 0 Å². The molecule has 0 saturated heterocycles. The van der Waals surface area contributed by atoms with E-state index in [1.54, 1.807) is 0 Å². The van der Waals surface area contributed by atoms with E-state index >= 15 is 0 Å². The van der Waals surface area contributed by atoms with E-state index in [4.69, 9.17) is 0 Å². The number of hydrogen-bond acceptors (Lipinski definition) is 3. The Balaban J connectivity index is 4.46. The first-order chi connectivity index (χ1) is 6.68. The summed E-state index contributed by atoms with van der Waals surface area (Å²) in [7, 11) is 5.81.